The quantitative estimate of drug-likeness (QED) is 0.0804. The molecule has 16 aromatic rings. The highest BCUT2D eigenvalue weighted by Gasteiger charge is 2.43. The molecule has 88 heavy (non-hydrogen) atoms. The second-order valence-corrected chi connectivity index (χ2v) is 30.8. The molecule has 0 saturated heterocycles. The molecule has 2 nitrogen and oxygen atoms in total. The van der Waals surface area contributed by atoms with E-state index in [0.717, 1.165) is 44.6 Å². The van der Waals surface area contributed by atoms with Crippen molar-refractivity contribution in [1.29, 1.82) is 0 Å². The molecule has 0 fully saturated rings. The number of aromatic nitrogens is 2. The summed E-state index contributed by atoms with van der Waals surface area (Å²) in [5.74, 6) is 0. The minimum atomic E-state index is -2.88. The number of fused-ring (bicyclic) bond motifs is 6. The van der Waals surface area contributed by atoms with Crippen molar-refractivity contribution in [3.63, 3.8) is 0 Å². The van der Waals surface area contributed by atoms with Gasteiger partial charge in [0.1, 0.15) is 0 Å². The van der Waals surface area contributed by atoms with Gasteiger partial charge in [-0.05, 0) is 136 Å². The Bertz CT molecular complexity index is 4650. The first-order valence-corrected chi connectivity index (χ1v) is 34.5. The van der Waals surface area contributed by atoms with Gasteiger partial charge in [-0.1, -0.05) is 303 Å². The van der Waals surface area contributed by atoms with Crippen molar-refractivity contribution >= 4 is 101 Å². The van der Waals surface area contributed by atoms with Crippen molar-refractivity contribution in [2.45, 2.75) is 0 Å². The predicted molar refractivity (Wildman–Crippen MR) is 379 cm³/mol. The first-order chi connectivity index (χ1) is 43.6. The maximum Gasteiger partial charge on any atom is 0.179 e. The zero-order chi connectivity index (χ0) is 58.4. The predicted octanol–water partition coefficient (Wildman–Crippen LogP) is 15.6. The summed E-state index contributed by atoms with van der Waals surface area (Å²) < 4.78 is 5.06. The lowest BCUT2D eigenvalue weighted by Gasteiger charge is -2.34. The minimum absolute atomic E-state index is 1.08. The summed E-state index contributed by atoms with van der Waals surface area (Å²) in [6.45, 7) is 0. The molecule has 0 aliphatic carbocycles. The highest BCUT2D eigenvalue weighted by Crippen LogP contribution is 2.40. The van der Waals surface area contributed by atoms with Crippen LogP contribution < -0.4 is 41.5 Å². The summed E-state index contributed by atoms with van der Waals surface area (Å²) in [6, 6.07) is 137. The fraction of sp³-hybridized carbons (Fsp3) is 0. The van der Waals surface area contributed by atoms with Gasteiger partial charge in [-0.2, -0.15) is 0 Å². The van der Waals surface area contributed by atoms with Crippen molar-refractivity contribution in [2.24, 2.45) is 0 Å². The van der Waals surface area contributed by atoms with Gasteiger partial charge in [0.15, 0.2) is 16.1 Å². The van der Waals surface area contributed by atoms with Crippen LogP contribution in [0.15, 0.2) is 364 Å². The molecule has 0 atom stereocenters. The van der Waals surface area contributed by atoms with E-state index in [4.69, 9.17) is 0 Å². The molecule has 0 radical (unpaired) electrons. The first-order valence-electron chi connectivity index (χ1n) is 30.5. The highest BCUT2D eigenvalue weighted by molar-refractivity contribution is 7.20. The van der Waals surface area contributed by atoms with Gasteiger partial charge in [0, 0.05) is 32.9 Å². The summed E-state index contributed by atoms with van der Waals surface area (Å²) in [7, 11) is -5.75. The Kier molecular flexibility index (Phi) is 13.3. The molecule has 0 amide bonds. The molecule has 14 aromatic carbocycles. The highest BCUT2D eigenvalue weighted by atomic mass is 28.3. The molecule has 0 unspecified atom stereocenters. The molecule has 0 spiro atoms. The largest absolute Gasteiger partial charge is 0.309 e. The maximum atomic E-state index is 2.54. The summed E-state index contributed by atoms with van der Waals surface area (Å²) in [5.41, 5.74) is 13.8. The lowest BCUT2D eigenvalue weighted by atomic mass is 9.93. The second-order valence-electron chi connectivity index (χ2n) is 23.1. The van der Waals surface area contributed by atoms with Crippen molar-refractivity contribution in [3.8, 4) is 44.8 Å². The van der Waals surface area contributed by atoms with Crippen LogP contribution in [0, 0.1) is 0 Å². The van der Waals surface area contributed by atoms with E-state index in [2.05, 4.69) is 373 Å². The van der Waals surface area contributed by atoms with Crippen LogP contribution in [0.25, 0.3) is 88.4 Å². The van der Waals surface area contributed by atoms with E-state index in [1.54, 1.807) is 0 Å². The van der Waals surface area contributed by atoms with Crippen LogP contribution in [-0.4, -0.2) is 25.3 Å². The number of nitrogens with zero attached hydrogens (tertiary/aromatic N) is 2. The topological polar surface area (TPSA) is 9.86 Å². The number of hydrogen-bond acceptors (Lipinski definition) is 0. The number of benzene rings is 14. The third kappa shape index (κ3) is 8.75. The molecule has 2 aromatic heterocycles. The molecule has 16 rings (SSSR count). The zero-order valence-corrected chi connectivity index (χ0v) is 50.5. The zero-order valence-electron chi connectivity index (χ0n) is 48.5. The van der Waals surface area contributed by atoms with Crippen molar-refractivity contribution in [1.82, 2.24) is 9.13 Å². The molecule has 0 saturated carbocycles. The standard InChI is InChI=1S/C84H60N2Si2/c1-9-29-61(30-10-1)63-53-64(62-31-11-2-12-32-62)55-65(54-63)66-56-67(85-81-47-27-25-45-77(81)79-59-75(49-51-83(79)85)87(69-33-13-3-14-34-69,70-35-15-4-16-36-70)71-37-17-5-18-38-71)58-68(57-66)86-82-48-28-26-46-78(82)80-60-76(50-52-84(80)86)88(72-39-19-6-20-40-72,73-41-21-7-22-42-73)74-43-23-8-24-44-74/h1-60H. The summed E-state index contributed by atoms with van der Waals surface area (Å²) in [4.78, 5) is 0. The smallest absolute Gasteiger partial charge is 0.179 e. The van der Waals surface area contributed by atoms with Crippen molar-refractivity contribution in [3.05, 3.63) is 364 Å². The Morgan fingerprint density at radius 1 is 0.159 bits per heavy atom. The van der Waals surface area contributed by atoms with Crippen LogP contribution in [0.5, 0.6) is 0 Å². The van der Waals surface area contributed by atoms with Gasteiger partial charge in [-0.25, -0.2) is 0 Å². The van der Waals surface area contributed by atoms with Crippen LogP contribution >= 0.6 is 0 Å². The molecule has 0 aliphatic rings. The van der Waals surface area contributed by atoms with Gasteiger partial charge in [0.25, 0.3) is 0 Å². The van der Waals surface area contributed by atoms with Crippen LogP contribution in [0.4, 0.5) is 0 Å². The van der Waals surface area contributed by atoms with Gasteiger partial charge < -0.3 is 9.13 Å². The Morgan fingerprint density at radius 3 is 0.727 bits per heavy atom. The third-order valence-electron chi connectivity index (χ3n) is 18.4. The van der Waals surface area contributed by atoms with E-state index >= 15 is 0 Å². The van der Waals surface area contributed by atoms with Crippen LogP contribution in [0.2, 0.25) is 0 Å². The Labute approximate surface area is 515 Å². The van der Waals surface area contributed by atoms with Crippen LogP contribution in [0.3, 0.4) is 0 Å². The fourth-order valence-electron chi connectivity index (χ4n) is 14.5. The molecule has 0 N–H and O–H groups in total. The fourth-order valence-corrected chi connectivity index (χ4v) is 24.0. The minimum Gasteiger partial charge on any atom is -0.309 e. The van der Waals surface area contributed by atoms with Crippen molar-refractivity contribution in [2.75, 3.05) is 0 Å². The van der Waals surface area contributed by atoms with Gasteiger partial charge in [0.05, 0.1) is 22.1 Å². The molecular formula is C84H60N2Si2. The van der Waals surface area contributed by atoms with Crippen molar-refractivity contribution < 1.29 is 0 Å². The SMILES string of the molecule is c1ccc(-c2cc(-c3ccccc3)cc(-c3cc(-n4c5ccccc5c5cc([Si](c6ccccc6)(c6ccccc6)c6ccccc6)ccc54)cc(-n4c5ccccc5c5cc([Si](c6ccccc6)(c6ccccc6)c6ccccc6)ccc54)c3)c2)cc1. The number of hydrogen-bond donors (Lipinski definition) is 0. The molecule has 414 valence electrons. The monoisotopic (exact) mass is 1150 g/mol. The lowest BCUT2D eigenvalue weighted by molar-refractivity contribution is 1.13. The third-order valence-corrected chi connectivity index (χ3v) is 27.9. The Morgan fingerprint density at radius 2 is 0.409 bits per heavy atom. The van der Waals surface area contributed by atoms with E-state index in [0.29, 0.717) is 0 Å². The van der Waals surface area contributed by atoms with Gasteiger partial charge in [0.2, 0.25) is 0 Å². The molecular weight excluding hydrogens is 1090 g/mol. The Hall–Kier alpha value is -10.9. The number of rotatable bonds is 13. The Balaban J connectivity index is 0.978. The van der Waals surface area contributed by atoms with Crippen LogP contribution in [0.1, 0.15) is 0 Å². The summed E-state index contributed by atoms with van der Waals surface area (Å²) in [5, 5.41) is 15.7. The average molecular weight is 1150 g/mol. The normalized spacial score (nSPS) is 11.9. The van der Waals surface area contributed by atoms with Gasteiger partial charge in [-0.15, -0.1) is 0 Å². The summed E-state index contributed by atoms with van der Waals surface area (Å²) in [6.07, 6.45) is 0. The van der Waals surface area contributed by atoms with E-state index < -0.39 is 16.1 Å². The molecule has 4 heteroatoms. The van der Waals surface area contributed by atoms with E-state index in [-0.39, 0.29) is 0 Å². The summed E-state index contributed by atoms with van der Waals surface area (Å²) >= 11 is 0. The van der Waals surface area contributed by atoms with E-state index in [1.807, 2.05) is 0 Å². The molecule has 2 heterocycles. The van der Waals surface area contributed by atoms with Gasteiger partial charge in [-0.3, -0.25) is 0 Å². The number of para-hydroxylation sites is 2. The van der Waals surface area contributed by atoms with E-state index in [1.165, 1.54) is 85.3 Å². The average Bonchev–Trinajstić information content (AvgIpc) is 1.67. The molecule has 0 bridgehead atoms. The molecule has 0 aliphatic heterocycles. The van der Waals surface area contributed by atoms with Gasteiger partial charge >= 0.3 is 0 Å². The van der Waals surface area contributed by atoms with Crippen LogP contribution in [-0.2, 0) is 0 Å². The van der Waals surface area contributed by atoms with E-state index in [9.17, 15) is 0 Å². The maximum absolute atomic E-state index is 2.88. The first kappa shape index (κ1) is 52.7. The second kappa shape index (κ2) is 22.2. The lowest BCUT2D eigenvalue weighted by Crippen LogP contribution is -2.74.